The molecule has 1 N–H and O–H groups in total. The van der Waals surface area contributed by atoms with Gasteiger partial charge in [0.25, 0.3) is 5.91 Å². The fourth-order valence-corrected chi connectivity index (χ4v) is 3.22. The number of amides is 1. The third kappa shape index (κ3) is 3.59. The van der Waals surface area contributed by atoms with Gasteiger partial charge in [0.05, 0.1) is 5.52 Å². The first-order valence-corrected chi connectivity index (χ1v) is 9.00. The number of benzene rings is 1. The lowest BCUT2D eigenvalue weighted by Gasteiger charge is -2.01. The van der Waals surface area contributed by atoms with Gasteiger partial charge in [-0.3, -0.25) is 10.1 Å². The molecule has 0 saturated heterocycles. The largest absolute Gasteiger partial charge is 0.296 e. The van der Waals surface area contributed by atoms with Gasteiger partial charge >= 0.3 is 0 Å². The summed E-state index contributed by atoms with van der Waals surface area (Å²) in [4.78, 5) is 12.4. The van der Waals surface area contributed by atoms with E-state index in [1.54, 1.807) is 16.8 Å². The summed E-state index contributed by atoms with van der Waals surface area (Å²) in [6.07, 6.45) is 4.36. The minimum absolute atomic E-state index is 0.209. The van der Waals surface area contributed by atoms with E-state index >= 15 is 0 Å². The lowest BCUT2D eigenvalue weighted by molar-refractivity contribution is 0.102. The lowest BCUT2D eigenvalue weighted by Crippen LogP contribution is -2.11. The van der Waals surface area contributed by atoms with E-state index in [0.717, 1.165) is 29.9 Å². The van der Waals surface area contributed by atoms with E-state index in [1.807, 2.05) is 13.0 Å². The minimum atomic E-state index is -0.209. The minimum Gasteiger partial charge on any atom is -0.296 e. The van der Waals surface area contributed by atoms with Crippen LogP contribution in [-0.4, -0.2) is 31.1 Å². The van der Waals surface area contributed by atoms with Crippen LogP contribution in [-0.2, 0) is 13.0 Å². The first-order valence-electron chi connectivity index (χ1n) is 8.18. The number of nitrogens with one attached hydrogen (secondary N) is 1. The zero-order valence-electron chi connectivity index (χ0n) is 13.8. The maximum Gasteiger partial charge on any atom is 0.257 e. The Morgan fingerprint density at radius 1 is 1.21 bits per heavy atom. The molecule has 0 radical (unpaired) electrons. The average Bonchev–Trinajstić information content (AvgIpc) is 3.21. The molecule has 1 amide bonds. The van der Waals surface area contributed by atoms with Crippen molar-refractivity contribution in [3.8, 4) is 0 Å². The molecule has 0 unspecified atom stereocenters. The second-order valence-corrected chi connectivity index (χ2v) is 6.58. The molecule has 1 aromatic carbocycles. The number of fused-ring (bicyclic) bond motifs is 1. The molecule has 0 aliphatic heterocycles. The zero-order chi connectivity index (χ0) is 16.9. The van der Waals surface area contributed by atoms with Crippen LogP contribution in [0.2, 0.25) is 0 Å². The van der Waals surface area contributed by atoms with Gasteiger partial charge in [-0.05, 0) is 31.5 Å². The molecule has 7 nitrogen and oxygen atoms in total. The fraction of sp³-hybridized carbons (Fsp3) is 0.438. The summed E-state index contributed by atoms with van der Waals surface area (Å²) in [5.74, 6) is -0.209. The SMILES string of the molecule is CCCCCc1nnc(NC(=O)c2ccc3c(c2)nnn3CC)s1. The molecule has 3 aromatic rings. The van der Waals surface area contributed by atoms with Crippen LogP contribution in [0.15, 0.2) is 18.2 Å². The Labute approximate surface area is 144 Å². The molecule has 0 saturated carbocycles. The summed E-state index contributed by atoms with van der Waals surface area (Å²) in [7, 11) is 0. The van der Waals surface area contributed by atoms with Gasteiger partial charge in [0.2, 0.25) is 5.13 Å². The summed E-state index contributed by atoms with van der Waals surface area (Å²) in [5.41, 5.74) is 2.17. The first kappa shape index (κ1) is 16.5. The van der Waals surface area contributed by atoms with Crippen LogP contribution in [0.3, 0.4) is 0 Å². The third-order valence-corrected chi connectivity index (χ3v) is 4.66. The van der Waals surface area contributed by atoms with Crippen molar-refractivity contribution in [3.05, 3.63) is 28.8 Å². The van der Waals surface area contributed by atoms with Gasteiger partial charge in [0, 0.05) is 18.5 Å². The van der Waals surface area contributed by atoms with Crippen molar-refractivity contribution in [2.45, 2.75) is 46.1 Å². The zero-order valence-corrected chi connectivity index (χ0v) is 14.6. The molecule has 2 heterocycles. The Bertz CT molecular complexity index is 840. The summed E-state index contributed by atoms with van der Waals surface area (Å²) >= 11 is 1.43. The van der Waals surface area contributed by atoms with Crippen molar-refractivity contribution in [1.82, 2.24) is 25.2 Å². The Balaban J connectivity index is 1.68. The number of aromatic nitrogens is 5. The predicted octanol–water partition coefficient (Wildman–Crippen LogP) is 3.29. The smallest absolute Gasteiger partial charge is 0.257 e. The number of aryl methyl sites for hydroxylation is 2. The van der Waals surface area contributed by atoms with E-state index in [9.17, 15) is 4.79 Å². The van der Waals surface area contributed by atoms with Crippen LogP contribution in [0.25, 0.3) is 11.0 Å². The van der Waals surface area contributed by atoms with Crippen molar-refractivity contribution in [3.63, 3.8) is 0 Å². The molecule has 0 spiro atoms. The molecule has 24 heavy (non-hydrogen) atoms. The topological polar surface area (TPSA) is 85.6 Å². The van der Waals surface area contributed by atoms with Crippen LogP contribution in [0.4, 0.5) is 5.13 Å². The van der Waals surface area contributed by atoms with Crippen molar-refractivity contribution >= 4 is 33.4 Å². The standard InChI is InChI=1S/C16H20N6OS/c1-3-5-6-7-14-19-20-16(24-14)17-15(23)11-8-9-13-12(10-11)18-21-22(13)4-2/h8-10H,3-7H2,1-2H3,(H,17,20,23). The van der Waals surface area contributed by atoms with E-state index in [0.29, 0.717) is 16.2 Å². The second-order valence-electron chi connectivity index (χ2n) is 5.52. The molecule has 0 atom stereocenters. The third-order valence-electron chi connectivity index (χ3n) is 3.76. The average molecular weight is 344 g/mol. The normalized spacial score (nSPS) is 11.1. The van der Waals surface area contributed by atoms with Crippen molar-refractivity contribution in [2.24, 2.45) is 0 Å². The number of hydrogen-bond donors (Lipinski definition) is 1. The highest BCUT2D eigenvalue weighted by molar-refractivity contribution is 7.15. The number of nitrogens with zero attached hydrogens (tertiary/aromatic N) is 5. The van der Waals surface area contributed by atoms with Crippen LogP contribution in [0.1, 0.15) is 48.5 Å². The monoisotopic (exact) mass is 344 g/mol. The summed E-state index contributed by atoms with van der Waals surface area (Å²) in [6.45, 7) is 4.91. The van der Waals surface area contributed by atoms with Crippen molar-refractivity contribution in [1.29, 1.82) is 0 Å². The van der Waals surface area contributed by atoms with Gasteiger partial charge < -0.3 is 0 Å². The van der Waals surface area contributed by atoms with E-state index in [2.05, 4.69) is 32.7 Å². The van der Waals surface area contributed by atoms with Gasteiger partial charge in [0.1, 0.15) is 10.5 Å². The summed E-state index contributed by atoms with van der Waals surface area (Å²) in [5, 5.41) is 20.6. The number of rotatable bonds is 7. The Hall–Kier alpha value is -2.35. The predicted molar refractivity (Wildman–Crippen MR) is 94.3 cm³/mol. The van der Waals surface area contributed by atoms with E-state index in [4.69, 9.17) is 0 Å². The van der Waals surface area contributed by atoms with Crippen LogP contribution >= 0.6 is 11.3 Å². The molecule has 0 aliphatic rings. The van der Waals surface area contributed by atoms with Crippen LogP contribution in [0.5, 0.6) is 0 Å². The molecule has 126 valence electrons. The highest BCUT2D eigenvalue weighted by atomic mass is 32.1. The number of anilines is 1. The quantitative estimate of drug-likeness (QED) is 0.665. The molecule has 0 bridgehead atoms. The molecule has 0 aliphatic carbocycles. The summed E-state index contributed by atoms with van der Waals surface area (Å²) in [6, 6.07) is 5.38. The highest BCUT2D eigenvalue weighted by Gasteiger charge is 2.12. The first-order chi connectivity index (χ1) is 11.7. The van der Waals surface area contributed by atoms with Crippen LogP contribution < -0.4 is 5.32 Å². The van der Waals surface area contributed by atoms with Gasteiger partial charge in [-0.15, -0.1) is 15.3 Å². The molecule has 3 rings (SSSR count). The molecular formula is C16H20N6OS. The van der Waals surface area contributed by atoms with Gasteiger partial charge in [-0.1, -0.05) is 36.3 Å². The van der Waals surface area contributed by atoms with E-state index in [1.165, 1.54) is 24.2 Å². The highest BCUT2D eigenvalue weighted by Crippen LogP contribution is 2.19. The fourth-order valence-electron chi connectivity index (χ4n) is 2.45. The molecular weight excluding hydrogens is 324 g/mol. The lowest BCUT2D eigenvalue weighted by atomic mass is 10.2. The molecule has 2 aromatic heterocycles. The van der Waals surface area contributed by atoms with Crippen molar-refractivity contribution < 1.29 is 4.79 Å². The number of carbonyl (C=O) groups is 1. The van der Waals surface area contributed by atoms with Crippen LogP contribution in [0, 0.1) is 0 Å². The van der Waals surface area contributed by atoms with Crippen molar-refractivity contribution in [2.75, 3.05) is 5.32 Å². The van der Waals surface area contributed by atoms with Gasteiger partial charge in [-0.2, -0.15) is 0 Å². The Morgan fingerprint density at radius 3 is 2.88 bits per heavy atom. The number of hydrogen-bond acceptors (Lipinski definition) is 6. The Morgan fingerprint density at radius 2 is 2.08 bits per heavy atom. The Kier molecular flexibility index (Phi) is 5.14. The van der Waals surface area contributed by atoms with E-state index in [-0.39, 0.29) is 5.91 Å². The van der Waals surface area contributed by atoms with Gasteiger partial charge in [-0.25, -0.2) is 4.68 Å². The molecule has 0 fully saturated rings. The molecule has 8 heteroatoms. The summed E-state index contributed by atoms with van der Waals surface area (Å²) < 4.78 is 1.80. The van der Waals surface area contributed by atoms with Gasteiger partial charge in [0.15, 0.2) is 0 Å². The second kappa shape index (κ2) is 7.48. The number of carbonyl (C=O) groups excluding carboxylic acids is 1. The van der Waals surface area contributed by atoms with E-state index < -0.39 is 0 Å². The number of unbranched alkanes of at least 4 members (excludes halogenated alkanes) is 2. The maximum atomic E-state index is 12.4. The maximum absolute atomic E-state index is 12.4.